The summed E-state index contributed by atoms with van der Waals surface area (Å²) >= 11 is 0. The Hall–Kier alpha value is -1.85. The van der Waals surface area contributed by atoms with E-state index in [-0.39, 0.29) is 11.8 Å². The van der Waals surface area contributed by atoms with Gasteiger partial charge in [-0.25, -0.2) is 4.98 Å². The molecule has 0 amide bonds. The second-order valence-electron chi connectivity index (χ2n) is 5.34. The number of rotatable bonds is 8. The highest BCUT2D eigenvalue weighted by molar-refractivity contribution is 5.68. The van der Waals surface area contributed by atoms with Crippen molar-refractivity contribution in [3.63, 3.8) is 0 Å². The summed E-state index contributed by atoms with van der Waals surface area (Å²) in [5.74, 6) is 0.299. The average Bonchev–Trinajstić information content (AvgIpc) is 2.39. The van der Waals surface area contributed by atoms with E-state index in [0.29, 0.717) is 25.0 Å². The van der Waals surface area contributed by atoms with E-state index in [1.165, 1.54) is 0 Å². The smallest absolute Gasteiger partial charge is 0.303 e. The first kappa shape index (κ1) is 14.6. The van der Waals surface area contributed by atoms with E-state index in [2.05, 4.69) is 15.3 Å². The van der Waals surface area contributed by atoms with Crippen LogP contribution in [0.25, 0.3) is 0 Å². The van der Waals surface area contributed by atoms with Crippen molar-refractivity contribution < 1.29 is 14.6 Å². The molecule has 1 fully saturated rings. The number of nitrogens with zero attached hydrogens (tertiary/aromatic N) is 2. The van der Waals surface area contributed by atoms with Crippen LogP contribution in [0, 0.1) is 5.41 Å². The molecule has 1 aromatic heterocycles. The Labute approximate surface area is 118 Å². The third-order valence-corrected chi connectivity index (χ3v) is 3.65. The fourth-order valence-electron chi connectivity index (χ4n) is 2.39. The number of aliphatic carboxylic acids is 1. The number of ether oxygens (including phenoxy) is 1. The van der Waals surface area contributed by atoms with E-state index < -0.39 is 5.97 Å². The number of aromatic nitrogens is 2. The van der Waals surface area contributed by atoms with Crippen molar-refractivity contribution in [1.29, 1.82) is 0 Å². The van der Waals surface area contributed by atoms with Crippen LogP contribution in [0.4, 0.5) is 5.95 Å². The van der Waals surface area contributed by atoms with E-state index in [4.69, 9.17) is 9.84 Å². The topological polar surface area (TPSA) is 84.3 Å². The van der Waals surface area contributed by atoms with Gasteiger partial charge in [0.15, 0.2) is 0 Å². The van der Waals surface area contributed by atoms with Crippen LogP contribution in [0.5, 0.6) is 5.88 Å². The van der Waals surface area contributed by atoms with E-state index in [1.807, 2.05) is 6.92 Å². The van der Waals surface area contributed by atoms with Gasteiger partial charge in [0.25, 0.3) is 0 Å². The summed E-state index contributed by atoms with van der Waals surface area (Å²) in [6, 6.07) is 1.72. The molecule has 1 saturated carbocycles. The molecule has 0 spiro atoms. The Morgan fingerprint density at radius 1 is 1.55 bits per heavy atom. The SMILES string of the molecule is CCCOc1ccnc(NCC2(CC(=O)O)CCC2)n1. The zero-order valence-electron chi connectivity index (χ0n) is 11.8. The molecule has 0 aromatic carbocycles. The van der Waals surface area contributed by atoms with Crippen molar-refractivity contribution in [3.8, 4) is 5.88 Å². The van der Waals surface area contributed by atoms with Gasteiger partial charge < -0.3 is 15.2 Å². The van der Waals surface area contributed by atoms with Crippen molar-refractivity contribution >= 4 is 11.9 Å². The molecule has 0 bridgehead atoms. The second kappa shape index (κ2) is 6.54. The quantitative estimate of drug-likeness (QED) is 0.759. The predicted octanol–water partition coefficient (Wildman–Crippen LogP) is 2.32. The summed E-state index contributed by atoms with van der Waals surface area (Å²) in [6.07, 6.45) is 5.75. The minimum Gasteiger partial charge on any atom is -0.481 e. The van der Waals surface area contributed by atoms with Gasteiger partial charge >= 0.3 is 5.97 Å². The first-order valence-electron chi connectivity index (χ1n) is 7.05. The van der Waals surface area contributed by atoms with E-state index in [9.17, 15) is 4.79 Å². The van der Waals surface area contributed by atoms with Crippen LogP contribution in [0.2, 0.25) is 0 Å². The summed E-state index contributed by atoms with van der Waals surface area (Å²) in [6.45, 7) is 3.25. The largest absolute Gasteiger partial charge is 0.481 e. The van der Waals surface area contributed by atoms with Gasteiger partial charge in [0.2, 0.25) is 11.8 Å². The number of nitrogens with one attached hydrogen (secondary N) is 1. The van der Waals surface area contributed by atoms with Gasteiger partial charge in [-0.3, -0.25) is 4.79 Å². The number of carboxylic acid groups (broad SMARTS) is 1. The Bertz CT molecular complexity index is 461. The summed E-state index contributed by atoms with van der Waals surface area (Å²) in [5, 5.41) is 12.1. The Balaban J connectivity index is 1.91. The maximum atomic E-state index is 10.9. The van der Waals surface area contributed by atoms with Crippen molar-refractivity contribution in [2.75, 3.05) is 18.5 Å². The Morgan fingerprint density at radius 3 is 2.95 bits per heavy atom. The molecular formula is C14H21N3O3. The van der Waals surface area contributed by atoms with Crippen LogP contribution in [-0.4, -0.2) is 34.2 Å². The van der Waals surface area contributed by atoms with Gasteiger partial charge in [-0.1, -0.05) is 13.3 Å². The molecule has 1 heterocycles. The normalized spacial score (nSPS) is 16.2. The molecule has 20 heavy (non-hydrogen) atoms. The van der Waals surface area contributed by atoms with Gasteiger partial charge in [0.1, 0.15) is 0 Å². The molecular weight excluding hydrogens is 258 g/mol. The van der Waals surface area contributed by atoms with Gasteiger partial charge in [-0.05, 0) is 24.7 Å². The lowest BCUT2D eigenvalue weighted by atomic mass is 9.66. The molecule has 6 heteroatoms. The molecule has 110 valence electrons. The monoisotopic (exact) mass is 279 g/mol. The molecule has 1 aromatic rings. The van der Waals surface area contributed by atoms with Crippen LogP contribution in [-0.2, 0) is 4.79 Å². The minimum atomic E-state index is -0.743. The highest BCUT2D eigenvalue weighted by Gasteiger charge is 2.38. The first-order chi connectivity index (χ1) is 9.63. The first-order valence-corrected chi connectivity index (χ1v) is 7.05. The molecule has 6 nitrogen and oxygen atoms in total. The van der Waals surface area contributed by atoms with E-state index in [1.54, 1.807) is 12.3 Å². The highest BCUT2D eigenvalue weighted by atomic mass is 16.5. The molecule has 2 N–H and O–H groups in total. The molecule has 0 atom stereocenters. The molecule has 0 unspecified atom stereocenters. The fraction of sp³-hybridized carbons (Fsp3) is 0.643. The number of anilines is 1. The molecule has 0 radical (unpaired) electrons. The molecule has 0 aliphatic heterocycles. The number of carbonyl (C=O) groups is 1. The summed E-state index contributed by atoms with van der Waals surface area (Å²) < 4.78 is 5.45. The Kier molecular flexibility index (Phi) is 4.76. The summed E-state index contributed by atoms with van der Waals surface area (Å²) in [7, 11) is 0. The average molecular weight is 279 g/mol. The van der Waals surface area contributed by atoms with Gasteiger partial charge in [-0.2, -0.15) is 4.98 Å². The summed E-state index contributed by atoms with van der Waals surface area (Å²) in [4.78, 5) is 19.3. The summed E-state index contributed by atoms with van der Waals surface area (Å²) in [5.41, 5.74) is -0.143. The van der Waals surface area contributed by atoms with Crippen molar-refractivity contribution in [2.24, 2.45) is 5.41 Å². The zero-order valence-corrected chi connectivity index (χ0v) is 11.8. The second-order valence-corrected chi connectivity index (χ2v) is 5.34. The standard InChI is InChI=1S/C14H21N3O3/c1-2-8-20-11-4-7-15-13(17-11)16-10-14(5-3-6-14)9-12(18)19/h4,7H,2-3,5-6,8-10H2,1H3,(H,18,19)(H,15,16,17). The number of hydrogen-bond acceptors (Lipinski definition) is 5. The van der Waals surface area contributed by atoms with Crippen LogP contribution in [0.15, 0.2) is 12.3 Å². The molecule has 2 rings (SSSR count). The molecule has 1 aliphatic carbocycles. The van der Waals surface area contributed by atoms with Gasteiger partial charge in [0, 0.05) is 18.8 Å². The maximum absolute atomic E-state index is 10.9. The molecule has 0 saturated heterocycles. The van der Waals surface area contributed by atoms with Crippen LogP contribution >= 0.6 is 0 Å². The lowest BCUT2D eigenvalue weighted by Crippen LogP contribution is -2.38. The third kappa shape index (κ3) is 3.82. The predicted molar refractivity (Wildman–Crippen MR) is 74.8 cm³/mol. The number of hydrogen-bond donors (Lipinski definition) is 2. The minimum absolute atomic E-state index is 0.143. The van der Waals surface area contributed by atoms with Gasteiger partial charge in [0.05, 0.1) is 13.0 Å². The molecule has 1 aliphatic rings. The zero-order chi connectivity index (χ0) is 14.4. The highest BCUT2D eigenvalue weighted by Crippen LogP contribution is 2.43. The Morgan fingerprint density at radius 2 is 2.35 bits per heavy atom. The number of carboxylic acids is 1. The van der Waals surface area contributed by atoms with Gasteiger partial charge in [-0.15, -0.1) is 0 Å². The fourth-order valence-corrected chi connectivity index (χ4v) is 2.39. The van der Waals surface area contributed by atoms with E-state index in [0.717, 1.165) is 25.7 Å². The lowest BCUT2D eigenvalue weighted by Gasteiger charge is -2.40. The lowest BCUT2D eigenvalue weighted by molar-refractivity contribution is -0.141. The van der Waals surface area contributed by atoms with Crippen molar-refractivity contribution in [2.45, 2.75) is 39.0 Å². The van der Waals surface area contributed by atoms with Crippen molar-refractivity contribution in [3.05, 3.63) is 12.3 Å². The van der Waals surface area contributed by atoms with Crippen LogP contribution in [0.1, 0.15) is 39.0 Å². The van der Waals surface area contributed by atoms with E-state index >= 15 is 0 Å². The van der Waals surface area contributed by atoms with Crippen LogP contribution in [0.3, 0.4) is 0 Å². The van der Waals surface area contributed by atoms with Crippen LogP contribution < -0.4 is 10.1 Å². The third-order valence-electron chi connectivity index (χ3n) is 3.65. The maximum Gasteiger partial charge on any atom is 0.303 e. The van der Waals surface area contributed by atoms with Crippen molar-refractivity contribution in [1.82, 2.24) is 9.97 Å².